The van der Waals surface area contributed by atoms with Crippen LogP contribution in [0, 0.1) is 11.2 Å². The zero-order valence-electron chi connectivity index (χ0n) is 19.4. The average Bonchev–Trinajstić information content (AvgIpc) is 2.84. The van der Waals surface area contributed by atoms with Crippen molar-refractivity contribution in [3.05, 3.63) is 59.1 Å². The molecule has 1 aromatic carbocycles. The summed E-state index contributed by atoms with van der Waals surface area (Å²) in [6.45, 7) is 4.47. The van der Waals surface area contributed by atoms with Crippen molar-refractivity contribution in [2.75, 3.05) is 52.9 Å². The van der Waals surface area contributed by atoms with Crippen LogP contribution in [0.2, 0.25) is 5.15 Å². The second-order valence-corrected chi connectivity index (χ2v) is 9.60. The number of likely N-dealkylation sites (tertiary alicyclic amines) is 1. The van der Waals surface area contributed by atoms with Gasteiger partial charge < -0.3 is 19.4 Å². The number of halogens is 2. The van der Waals surface area contributed by atoms with Crippen LogP contribution in [-0.4, -0.2) is 84.4 Å². The van der Waals surface area contributed by atoms with E-state index in [9.17, 15) is 14.0 Å². The van der Waals surface area contributed by atoms with Gasteiger partial charge in [-0.1, -0.05) is 11.6 Å². The Labute approximate surface area is 204 Å². The number of carbonyl (C=O) groups is 2. The third kappa shape index (κ3) is 5.85. The zero-order chi connectivity index (χ0) is 24.1. The van der Waals surface area contributed by atoms with Crippen LogP contribution in [0.15, 0.2) is 42.6 Å². The Hall–Kier alpha value is -2.71. The fourth-order valence-corrected chi connectivity index (χ4v) is 4.73. The number of pyridine rings is 1. The van der Waals surface area contributed by atoms with Gasteiger partial charge in [-0.2, -0.15) is 0 Å². The minimum atomic E-state index is -0.412. The van der Waals surface area contributed by atoms with Gasteiger partial charge in [0.05, 0.1) is 12.2 Å². The number of piperidine rings is 1. The fourth-order valence-electron chi connectivity index (χ4n) is 4.53. The normalized spacial score (nSPS) is 18.6. The lowest BCUT2D eigenvalue weighted by atomic mass is 9.75. The first-order valence-corrected chi connectivity index (χ1v) is 12.0. The maximum atomic E-state index is 13.3. The number of hydrogen-bond donors (Lipinski definition) is 0. The maximum absolute atomic E-state index is 13.3. The molecule has 9 heteroatoms. The largest absolute Gasteiger partial charge is 0.493 e. The molecule has 0 atom stereocenters. The topological polar surface area (TPSA) is 66.0 Å². The average molecular weight is 489 g/mol. The number of ether oxygens (including phenoxy) is 1. The standard InChI is InChI=1S/C25H30ClFN4O3/c1-29-13-15-30(16-14-29)22(32)17-25(18-34-20-6-4-19(27)5-7-20)8-11-31(12-9-25)24(33)21-3-2-10-28-23(21)26/h2-7,10H,8-9,11-18H2,1H3. The van der Waals surface area contributed by atoms with Gasteiger partial charge >= 0.3 is 0 Å². The van der Waals surface area contributed by atoms with Crippen molar-refractivity contribution in [1.82, 2.24) is 19.7 Å². The van der Waals surface area contributed by atoms with Crippen LogP contribution in [0.25, 0.3) is 0 Å². The van der Waals surface area contributed by atoms with E-state index >= 15 is 0 Å². The minimum absolute atomic E-state index is 0.117. The summed E-state index contributed by atoms with van der Waals surface area (Å²) in [7, 11) is 2.06. The van der Waals surface area contributed by atoms with Gasteiger partial charge in [0.25, 0.3) is 5.91 Å². The Bertz CT molecular complexity index is 1000. The van der Waals surface area contributed by atoms with E-state index in [0.717, 1.165) is 13.1 Å². The number of piperazine rings is 1. The number of carbonyl (C=O) groups excluding carboxylic acids is 2. The number of nitrogens with zero attached hydrogens (tertiary/aromatic N) is 4. The molecule has 0 bridgehead atoms. The van der Waals surface area contributed by atoms with Gasteiger partial charge in [-0.15, -0.1) is 0 Å². The molecule has 0 spiro atoms. The third-order valence-corrected chi connectivity index (χ3v) is 7.14. The SMILES string of the molecule is CN1CCN(C(=O)CC2(COc3ccc(F)cc3)CCN(C(=O)c3cccnc3Cl)CC2)CC1. The van der Waals surface area contributed by atoms with E-state index in [1.807, 2.05) is 4.90 Å². The third-order valence-electron chi connectivity index (χ3n) is 6.84. The molecule has 34 heavy (non-hydrogen) atoms. The van der Waals surface area contributed by atoms with Crippen molar-refractivity contribution < 1.29 is 18.7 Å². The Morgan fingerprint density at radius 3 is 2.35 bits per heavy atom. The van der Waals surface area contributed by atoms with Crippen LogP contribution < -0.4 is 4.74 Å². The van der Waals surface area contributed by atoms with Crippen molar-refractivity contribution in [2.24, 2.45) is 5.41 Å². The summed E-state index contributed by atoms with van der Waals surface area (Å²) in [4.78, 5) is 36.1. The molecule has 0 radical (unpaired) electrons. The van der Waals surface area contributed by atoms with Crippen LogP contribution in [0.5, 0.6) is 5.75 Å². The lowest BCUT2D eigenvalue weighted by Gasteiger charge is -2.42. The highest BCUT2D eigenvalue weighted by Crippen LogP contribution is 2.37. The van der Waals surface area contributed by atoms with Crippen LogP contribution >= 0.6 is 11.6 Å². The Morgan fingerprint density at radius 1 is 1.03 bits per heavy atom. The zero-order valence-corrected chi connectivity index (χ0v) is 20.1. The molecule has 4 rings (SSSR count). The monoisotopic (exact) mass is 488 g/mol. The highest BCUT2D eigenvalue weighted by Gasteiger charge is 2.40. The summed E-state index contributed by atoms with van der Waals surface area (Å²) in [6.07, 6.45) is 3.15. The number of hydrogen-bond acceptors (Lipinski definition) is 5. The fraction of sp³-hybridized carbons (Fsp3) is 0.480. The van der Waals surface area contributed by atoms with Crippen molar-refractivity contribution >= 4 is 23.4 Å². The molecule has 0 N–H and O–H groups in total. The first-order chi connectivity index (χ1) is 16.3. The second kappa shape index (κ2) is 10.7. The number of rotatable bonds is 6. The maximum Gasteiger partial charge on any atom is 0.256 e. The van der Waals surface area contributed by atoms with Crippen molar-refractivity contribution in [1.29, 1.82) is 0 Å². The molecule has 2 fully saturated rings. The van der Waals surface area contributed by atoms with E-state index < -0.39 is 5.41 Å². The van der Waals surface area contributed by atoms with Gasteiger partial charge in [0.15, 0.2) is 0 Å². The van der Waals surface area contributed by atoms with E-state index in [4.69, 9.17) is 16.3 Å². The predicted molar refractivity (Wildman–Crippen MR) is 127 cm³/mol. The summed E-state index contributed by atoms with van der Waals surface area (Å²) >= 11 is 6.13. The number of amides is 2. The van der Waals surface area contributed by atoms with E-state index in [2.05, 4.69) is 16.9 Å². The van der Waals surface area contributed by atoms with Crippen LogP contribution in [0.4, 0.5) is 4.39 Å². The van der Waals surface area contributed by atoms with E-state index in [0.29, 0.717) is 63.4 Å². The molecule has 2 aromatic rings. The summed E-state index contributed by atoms with van der Waals surface area (Å²) in [5, 5.41) is 0.189. The second-order valence-electron chi connectivity index (χ2n) is 9.24. The minimum Gasteiger partial charge on any atom is -0.493 e. The molecule has 182 valence electrons. The molecular weight excluding hydrogens is 459 g/mol. The molecule has 0 saturated carbocycles. The van der Waals surface area contributed by atoms with Gasteiger partial charge in [0, 0.05) is 57.3 Å². The molecule has 2 saturated heterocycles. The lowest BCUT2D eigenvalue weighted by Crippen LogP contribution is -2.51. The van der Waals surface area contributed by atoms with Crippen LogP contribution in [0.1, 0.15) is 29.6 Å². The van der Waals surface area contributed by atoms with E-state index in [-0.39, 0.29) is 22.8 Å². The van der Waals surface area contributed by atoms with Crippen LogP contribution in [0.3, 0.4) is 0 Å². The first kappa shape index (κ1) is 24.4. The van der Waals surface area contributed by atoms with E-state index in [1.165, 1.54) is 12.1 Å². The number of likely N-dealkylation sites (N-methyl/N-ethyl adjacent to an activating group) is 1. The van der Waals surface area contributed by atoms with Crippen LogP contribution in [-0.2, 0) is 4.79 Å². The van der Waals surface area contributed by atoms with Crippen molar-refractivity contribution in [3.63, 3.8) is 0 Å². The van der Waals surface area contributed by atoms with Crippen molar-refractivity contribution in [2.45, 2.75) is 19.3 Å². The van der Waals surface area contributed by atoms with Gasteiger partial charge in [0.1, 0.15) is 16.7 Å². The molecule has 2 aliphatic rings. The Morgan fingerprint density at radius 2 is 1.71 bits per heavy atom. The van der Waals surface area contributed by atoms with Gasteiger partial charge in [-0.3, -0.25) is 9.59 Å². The van der Waals surface area contributed by atoms with E-state index in [1.54, 1.807) is 35.4 Å². The highest BCUT2D eigenvalue weighted by atomic mass is 35.5. The summed E-state index contributed by atoms with van der Waals surface area (Å²) in [5.74, 6) is 0.198. The quantitative estimate of drug-likeness (QED) is 0.583. The highest BCUT2D eigenvalue weighted by molar-refractivity contribution is 6.32. The summed E-state index contributed by atoms with van der Waals surface area (Å²) < 4.78 is 19.3. The number of benzene rings is 1. The van der Waals surface area contributed by atoms with Gasteiger partial charge in [0.2, 0.25) is 5.91 Å². The molecule has 7 nitrogen and oxygen atoms in total. The lowest BCUT2D eigenvalue weighted by molar-refractivity contribution is -0.136. The Balaban J connectivity index is 1.45. The molecule has 0 unspecified atom stereocenters. The molecule has 3 heterocycles. The Kier molecular flexibility index (Phi) is 7.68. The van der Waals surface area contributed by atoms with Gasteiger partial charge in [-0.05, 0) is 56.3 Å². The molecule has 1 aromatic heterocycles. The first-order valence-electron chi connectivity index (χ1n) is 11.6. The molecule has 2 aliphatic heterocycles. The van der Waals surface area contributed by atoms with Crippen molar-refractivity contribution in [3.8, 4) is 5.75 Å². The molecule has 2 amide bonds. The smallest absolute Gasteiger partial charge is 0.256 e. The number of aromatic nitrogens is 1. The summed E-state index contributed by atoms with van der Waals surface area (Å²) in [6, 6.07) is 9.27. The van der Waals surface area contributed by atoms with Gasteiger partial charge in [-0.25, -0.2) is 9.37 Å². The summed E-state index contributed by atoms with van der Waals surface area (Å²) in [5.41, 5.74) is -0.0302. The molecular formula is C25H30ClFN4O3. The predicted octanol–water partition coefficient (Wildman–Crippen LogP) is 3.34. The molecule has 0 aliphatic carbocycles.